The average molecular weight is 535 g/mol. The Hall–Kier alpha value is -1.03. The van der Waals surface area contributed by atoms with Gasteiger partial charge in [0, 0.05) is 18.6 Å². The minimum absolute atomic E-state index is 0.0103. The monoisotopic (exact) mass is 534 g/mol. The lowest BCUT2D eigenvalue weighted by Gasteiger charge is -2.64. The van der Waals surface area contributed by atoms with Crippen LogP contribution in [0.15, 0.2) is 11.6 Å². The molecule has 4 aliphatic carbocycles. The lowest BCUT2D eigenvalue weighted by molar-refractivity contribution is -0.313. The van der Waals surface area contributed by atoms with E-state index in [1.807, 2.05) is 0 Å². The fraction of sp³-hybridized carbons (Fsp3) is 0.900. The molecule has 8 heteroatoms. The number of cyclic esters (lactones) is 1. The third kappa shape index (κ3) is 3.88. The topological polar surface area (TPSA) is 115 Å². The molecule has 13 atom stereocenters. The number of carbonyl (C=O) groups excluding carboxylic acids is 1. The summed E-state index contributed by atoms with van der Waals surface area (Å²) in [6.07, 6.45) is 6.45. The highest BCUT2D eigenvalue weighted by Gasteiger charge is 2.67. The second-order valence-corrected chi connectivity index (χ2v) is 13.7. The predicted molar refractivity (Wildman–Crippen MR) is 138 cm³/mol. The van der Waals surface area contributed by atoms with Gasteiger partial charge in [-0.15, -0.1) is 0 Å². The molecule has 2 heterocycles. The van der Waals surface area contributed by atoms with Gasteiger partial charge in [0.15, 0.2) is 6.29 Å². The zero-order valence-corrected chi connectivity index (χ0v) is 23.3. The summed E-state index contributed by atoms with van der Waals surface area (Å²) >= 11 is 0. The zero-order chi connectivity index (χ0) is 27.0. The van der Waals surface area contributed by atoms with Crippen molar-refractivity contribution in [2.75, 3.05) is 13.7 Å². The maximum atomic E-state index is 12.4. The molecule has 1 saturated heterocycles. The molecule has 4 saturated carbocycles. The van der Waals surface area contributed by atoms with E-state index < -0.39 is 36.3 Å². The Bertz CT molecular complexity index is 968. The zero-order valence-electron chi connectivity index (χ0n) is 23.3. The molecule has 8 nitrogen and oxygen atoms in total. The Morgan fingerprint density at radius 1 is 1.00 bits per heavy atom. The van der Waals surface area contributed by atoms with Gasteiger partial charge in [-0.2, -0.15) is 0 Å². The number of hydrogen-bond acceptors (Lipinski definition) is 8. The molecular formula is C30H46O8. The Balaban J connectivity index is 1.16. The summed E-state index contributed by atoms with van der Waals surface area (Å²) in [6, 6.07) is 0. The van der Waals surface area contributed by atoms with Crippen LogP contribution < -0.4 is 0 Å². The number of aliphatic hydroxyl groups excluding tert-OH is 2. The fourth-order valence-electron chi connectivity index (χ4n) is 10.1. The molecule has 0 bridgehead atoms. The third-order valence-corrected chi connectivity index (χ3v) is 12.3. The van der Waals surface area contributed by atoms with Crippen LogP contribution in [0.4, 0.5) is 0 Å². The normalized spacial score (nSPS) is 54.5. The maximum Gasteiger partial charge on any atom is 0.331 e. The van der Waals surface area contributed by atoms with Crippen molar-refractivity contribution in [1.82, 2.24) is 0 Å². The van der Waals surface area contributed by atoms with Gasteiger partial charge in [-0.3, -0.25) is 0 Å². The van der Waals surface area contributed by atoms with Crippen LogP contribution in [-0.2, 0) is 23.7 Å². The number of fused-ring (bicyclic) bond motifs is 5. The second kappa shape index (κ2) is 9.52. The van der Waals surface area contributed by atoms with Gasteiger partial charge in [0.1, 0.15) is 24.9 Å². The highest BCUT2D eigenvalue weighted by Crippen LogP contribution is 2.70. The van der Waals surface area contributed by atoms with Gasteiger partial charge in [0.2, 0.25) is 0 Å². The largest absolute Gasteiger partial charge is 0.458 e. The number of methoxy groups -OCH3 is 1. The number of aliphatic hydroxyl groups is 3. The van der Waals surface area contributed by atoms with Crippen molar-refractivity contribution in [2.24, 2.45) is 34.5 Å². The molecule has 38 heavy (non-hydrogen) atoms. The highest BCUT2D eigenvalue weighted by atomic mass is 16.7. The van der Waals surface area contributed by atoms with Gasteiger partial charge in [0.05, 0.1) is 17.8 Å². The van der Waals surface area contributed by atoms with E-state index in [2.05, 4.69) is 13.8 Å². The number of carbonyl (C=O) groups is 1. The summed E-state index contributed by atoms with van der Waals surface area (Å²) in [4.78, 5) is 11.8. The van der Waals surface area contributed by atoms with Crippen LogP contribution in [0.1, 0.15) is 78.6 Å². The Labute approximate surface area is 226 Å². The second-order valence-electron chi connectivity index (χ2n) is 13.7. The van der Waals surface area contributed by atoms with E-state index in [1.165, 1.54) is 7.11 Å². The highest BCUT2D eigenvalue weighted by molar-refractivity contribution is 5.85. The summed E-state index contributed by atoms with van der Waals surface area (Å²) in [5.74, 6) is 1.22. The van der Waals surface area contributed by atoms with Crippen LogP contribution in [0.5, 0.6) is 0 Å². The Morgan fingerprint density at radius 3 is 2.50 bits per heavy atom. The lowest BCUT2D eigenvalue weighted by Crippen LogP contribution is -2.62. The van der Waals surface area contributed by atoms with E-state index in [4.69, 9.17) is 18.9 Å². The maximum absolute atomic E-state index is 12.4. The quantitative estimate of drug-likeness (QED) is 0.372. The van der Waals surface area contributed by atoms with Gasteiger partial charge in [-0.25, -0.2) is 4.79 Å². The molecule has 6 rings (SSSR count). The third-order valence-electron chi connectivity index (χ3n) is 12.3. The van der Waals surface area contributed by atoms with Gasteiger partial charge < -0.3 is 34.3 Å². The van der Waals surface area contributed by atoms with Gasteiger partial charge in [-0.05, 0) is 99.4 Å². The first-order valence-corrected chi connectivity index (χ1v) is 14.8. The van der Waals surface area contributed by atoms with Crippen LogP contribution >= 0.6 is 0 Å². The predicted octanol–water partition coefficient (Wildman–Crippen LogP) is 3.11. The SMILES string of the molecule is CO[C@H]1[C@@H](O)[C@H](C)O[C@H](O[C@H]2CC[C@@]3(C)[C@H](CC[C@@H]4[C@@H]3CC[C@]3(C)[C@@H](C5=CC(=O)OC5)CC[C@]43O)C2)[C@@H]1O. The lowest BCUT2D eigenvalue weighted by atomic mass is 9.43. The first kappa shape index (κ1) is 27.2. The number of hydrogen-bond donors (Lipinski definition) is 3. The van der Waals surface area contributed by atoms with Crippen molar-refractivity contribution >= 4 is 5.97 Å². The van der Waals surface area contributed by atoms with Crippen molar-refractivity contribution in [3.05, 3.63) is 11.6 Å². The van der Waals surface area contributed by atoms with Crippen molar-refractivity contribution in [3.63, 3.8) is 0 Å². The standard InChI is InChI=1S/C30H46O8/c1-16-24(32)26(35-4)25(33)27(37-16)38-19-7-10-28(2)18(14-19)5-6-22-21(28)8-11-29(3)20(9-12-30(22,29)34)17-13-23(31)36-15-17/h13,16,18-22,24-27,32-34H,5-12,14-15H2,1-4H3/t16-,18+,19-,20+,21-,22+,24-,25+,26-,27+,28-,29+,30-/m0/s1. The molecule has 0 radical (unpaired) electrons. The Kier molecular flexibility index (Phi) is 6.80. The molecule has 0 aromatic rings. The minimum Gasteiger partial charge on any atom is -0.458 e. The summed E-state index contributed by atoms with van der Waals surface area (Å²) < 4.78 is 22.8. The van der Waals surface area contributed by atoms with Crippen LogP contribution in [0.2, 0.25) is 0 Å². The average Bonchev–Trinajstić information content (AvgIpc) is 3.43. The van der Waals surface area contributed by atoms with Crippen LogP contribution in [0.3, 0.4) is 0 Å². The van der Waals surface area contributed by atoms with E-state index in [-0.39, 0.29) is 34.7 Å². The number of rotatable bonds is 4. The van der Waals surface area contributed by atoms with E-state index in [9.17, 15) is 20.1 Å². The van der Waals surface area contributed by atoms with E-state index in [1.54, 1.807) is 13.0 Å². The molecule has 3 N–H and O–H groups in total. The Morgan fingerprint density at radius 2 is 1.79 bits per heavy atom. The molecule has 2 aliphatic heterocycles. The van der Waals surface area contributed by atoms with Crippen molar-refractivity contribution in [2.45, 2.75) is 121 Å². The molecule has 0 aromatic carbocycles. The molecule has 0 spiro atoms. The van der Waals surface area contributed by atoms with Gasteiger partial charge in [-0.1, -0.05) is 13.8 Å². The van der Waals surface area contributed by atoms with E-state index >= 15 is 0 Å². The number of ether oxygens (including phenoxy) is 4. The molecule has 6 aliphatic rings. The summed E-state index contributed by atoms with van der Waals surface area (Å²) in [6.45, 7) is 6.87. The molecule has 5 fully saturated rings. The van der Waals surface area contributed by atoms with Crippen LogP contribution in [0, 0.1) is 34.5 Å². The molecule has 0 unspecified atom stereocenters. The van der Waals surface area contributed by atoms with Crippen molar-refractivity contribution in [3.8, 4) is 0 Å². The summed E-state index contributed by atoms with van der Waals surface area (Å²) in [5.41, 5.74) is 0.300. The van der Waals surface area contributed by atoms with E-state index in [0.717, 1.165) is 63.4 Å². The van der Waals surface area contributed by atoms with Gasteiger partial charge >= 0.3 is 5.97 Å². The molecule has 0 aromatic heterocycles. The van der Waals surface area contributed by atoms with Crippen molar-refractivity contribution < 1.29 is 39.1 Å². The van der Waals surface area contributed by atoms with Crippen LogP contribution in [-0.4, -0.2) is 77.4 Å². The van der Waals surface area contributed by atoms with Gasteiger partial charge in [0.25, 0.3) is 0 Å². The smallest absolute Gasteiger partial charge is 0.331 e. The molecule has 0 amide bonds. The summed E-state index contributed by atoms with van der Waals surface area (Å²) in [5, 5.41) is 33.5. The van der Waals surface area contributed by atoms with E-state index in [0.29, 0.717) is 18.4 Å². The first-order chi connectivity index (χ1) is 18.0. The minimum atomic E-state index is -1.04. The van der Waals surface area contributed by atoms with Crippen LogP contribution in [0.25, 0.3) is 0 Å². The molecular weight excluding hydrogens is 488 g/mol. The fourth-order valence-corrected chi connectivity index (χ4v) is 10.1. The first-order valence-electron chi connectivity index (χ1n) is 14.8. The molecule has 214 valence electrons. The van der Waals surface area contributed by atoms with Crippen molar-refractivity contribution in [1.29, 1.82) is 0 Å². The number of esters is 1. The summed E-state index contributed by atoms with van der Waals surface area (Å²) in [7, 11) is 1.49.